The molecule has 0 bridgehead atoms. The third-order valence-electron chi connectivity index (χ3n) is 1.30. The van der Waals surface area contributed by atoms with E-state index in [1.807, 2.05) is 24.3 Å². The maximum atomic E-state index is 3.87. The Hall–Kier alpha value is -0.713. The molecule has 0 atom stereocenters. The van der Waals surface area contributed by atoms with Gasteiger partial charge in [0.2, 0.25) is 0 Å². The Morgan fingerprint density at radius 3 is 2.80 bits per heavy atom. The van der Waals surface area contributed by atoms with E-state index >= 15 is 0 Å². The van der Waals surface area contributed by atoms with E-state index in [0.29, 0.717) is 0 Å². The molecular weight excluding hydrogens is 119 g/mol. The van der Waals surface area contributed by atoms with E-state index in [2.05, 4.69) is 10.2 Å². The molecule has 0 N–H and O–H groups in total. The smallest absolute Gasteiger partial charge is 0.575 e. The SMILES string of the molecule is [Li+].c1ccc2[n-]ncc2c1. The van der Waals surface area contributed by atoms with Crippen molar-refractivity contribution >= 4 is 10.9 Å². The van der Waals surface area contributed by atoms with E-state index in [4.69, 9.17) is 0 Å². The van der Waals surface area contributed by atoms with Crippen LogP contribution in [0.5, 0.6) is 0 Å². The largest absolute Gasteiger partial charge is 1.00 e. The number of nitrogens with zero attached hydrogens (tertiary/aromatic N) is 2. The Balaban J connectivity index is 0.000000500. The molecule has 0 unspecified atom stereocenters. The minimum Gasteiger partial charge on any atom is -0.575 e. The minimum absolute atomic E-state index is 0. The van der Waals surface area contributed by atoms with Crippen LogP contribution in [-0.4, -0.2) is 5.10 Å². The van der Waals surface area contributed by atoms with Crippen molar-refractivity contribution in [1.29, 1.82) is 0 Å². The van der Waals surface area contributed by atoms with Crippen LogP contribution in [0.4, 0.5) is 0 Å². The molecule has 10 heavy (non-hydrogen) atoms. The van der Waals surface area contributed by atoms with Crippen LogP contribution in [-0.2, 0) is 0 Å². The number of hydrogen-bond donors (Lipinski definition) is 0. The van der Waals surface area contributed by atoms with Gasteiger partial charge in [-0.1, -0.05) is 24.3 Å². The number of benzene rings is 1. The predicted molar refractivity (Wildman–Crippen MR) is 35.1 cm³/mol. The number of hydrogen-bond acceptors (Lipinski definition) is 1. The molecule has 0 fully saturated rings. The summed E-state index contributed by atoms with van der Waals surface area (Å²) in [6, 6.07) is 7.88. The second kappa shape index (κ2) is 2.92. The van der Waals surface area contributed by atoms with E-state index in [1.54, 1.807) is 6.20 Å². The average molecular weight is 124 g/mol. The van der Waals surface area contributed by atoms with Crippen LogP contribution >= 0.6 is 0 Å². The number of rotatable bonds is 0. The second-order valence-corrected chi connectivity index (χ2v) is 1.90. The van der Waals surface area contributed by atoms with Gasteiger partial charge in [0.25, 0.3) is 0 Å². The molecule has 0 saturated carbocycles. The van der Waals surface area contributed by atoms with E-state index in [-0.39, 0.29) is 18.9 Å². The summed E-state index contributed by atoms with van der Waals surface area (Å²) in [5.41, 5.74) is 0.970. The number of aromatic nitrogens is 2. The molecule has 0 aliphatic heterocycles. The predicted octanol–water partition coefficient (Wildman–Crippen LogP) is -1.80. The van der Waals surface area contributed by atoms with Gasteiger partial charge < -0.3 is 10.2 Å². The maximum Gasteiger partial charge on any atom is 1.00 e. The van der Waals surface area contributed by atoms with Crippen molar-refractivity contribution in [2.75, 3.05) is 0 Å². The summed E-state index contributed by atoms with van der Waals surface area (Å²) in [5.74, 6) is 0. The molecular formula is C7H5LiN2. The third-order valence-corrected chi connectivity index (χ3v) is 1.30. The van der Waals surface area contributed by atoms with Crippen LogP contribution in [0.25, 0.3) is 10.9 Å². The van der Waals surface area contributed by atoms with Crippen LogP contribution in [0.2, 0.25) is 0 Å². The molecule has 1 heterocycles. The summed E-state index contributed by atoms with van der Waals surface area (Å²) in [5, 5.41) is 8.73. The first-order chi connectivity index (χ1) is 4.47. The fraction of sp³-hybridized carbons (Fsp3) is 0. The molecule has 0 amide bonds. The van der Waals surface area contributed by atoms with Crippen molar-refractivity contribution in [3.05, 3.63) is 30.5 Å². The zero-order valence-electron chi connectivity index (χ0n) is 5.78. The van der Waals surface area contributed by atoms with Crippen molar-refractivity contribution in [3.8, 4) is 0 Å². The standard InChI is InChI=1S/C7H5N2.Li/c1-2-4-7-6(3-1)5-8-9-7;/h1-5H;/q-1;+1. The number of fused-ring (bicyclic) bond motifs is 1. The molecule has 1 aromatic carbocycles. The van der Waals surface area contributed by atoms with Gasteiger partial charge in [0.15, 0.2) is 0 Å². The maximum absolute atomic E-state index is 3.87. The third kappa shape index (κ3) is 1.09. The molecule has 0 radical (unpaired) electrons. The van der Waals surface area contributed by atoms with E-state index < -0.39 is 0 Å². The van der Waals surface area contributed by atoms with E-state index in [9.17, 15) is 0 Å². The van der Waals surface area contributed by atoms with Crippen LogP contribution in [0.3, 0.4) is 0 Å². The molecule has 44 valence electrons. The second-order valence-electron chi connectivity index (χ2n) is 1.90. The zero-order chi connectivity index (χ0) is 6.10. The van der Waals surface area contributed by atoms with Crippen molar-refractivity contribution in [1.82, 2.24) is 10.2 Å². The fourth-order valence-electron chi connectivity index (χ4n) is 0.841. The Bertz CT molecular complexity index is 286. The van der Waals surface area contributed by atoms with Crippen LogP contribution in [0.1, 0.15) is 0 Å². The summed E-state index contributed by atoms with van der Waals surface area (Å²) in [7, 11) is 0. The molecule has 2 rings (SSSR count). The van der Waals surface area contributed by atoms with Gasteiger partial charge in [-0.15, -0.1) is 5.52 Å². The van der Waals surface area contributed by atoms with Gasteiger partial charge in [-0.3, -0.25) is 0 Å². The van der Waals surface area contributed by atoms with Gasteiger partial charge in [-0.2, -0.15) is 0 Å². The van der Waals surface area contributed by atoms with Crippen molar-refractivity contribution in [3.63, 3.8) is 0 Å². The van der Waals surface area contributed by atoms with E-state index in [1.165, 1.54) is 0 Å². The molecule has 0 aliphatic rings. The molecule has 3 heteroatoms. The average Bonchev–Trinajstić information content (AvgIpc) is 2.33. The monoisotopic (exact) mass is 124 g/mol. The zero-order valence-corrected chi connectivity index (χ0v) is 5.78. The van der Waals surface area contributed by atoms with Gasteiger partial charge in [-0.05, 0) is 5.39 Å². The molecule has 0 aliphatic carbocycles. The summed E-state index contributed by atoms with van der Waals surface area (Å²) < 4.78 is 0. The Morgan fingerprint density at radius 2 is 2.00 bits per heavy atom. The van der Waals surface area contributed by atoms with Crippen LogP contribution in [0, 0.1) is 0 Å². The topological polar surface area (TPSA) is 27.0 Å². The fourth-order valence-corrected chi connectivity index (χ4v) is 0.841. The summed E-state index contributed by atoms with van der Waals surface area (Å²) in [6.45, 7) is 0. The molecule has 1 aromatic heterocycles. The Morgan fingerprint density at radius 1 is 1.20 bits per heavy atom. The van der Waals surface area contributed by atoms with Crippen LogP contribution < -0.4 is 24.0 Å². The Labute approximate surface area is 70.8 Å². The molecule has 0 saturated heterocycles. The van der Waals surface area contributed by atoms with Crippen molar-refractivity contribution in [2.45, 2.75) is 0 Å². The quantitative estimate of drug-likeness (QED) is 0.387. The van der Waals surface area contributed by atoms with Crippen LogP contribution in [0.15, 0.2) is 30.5 Å². The van der Waals surface area contributed by atoms with Gasteiger partial charge in [0.1, 0.15) is 0 Å². The normalized spacial score (nSPS) is 9.20. The Kier molecular flexibility index (Phi) is 2.16. The molecule has 2 aromatic rings. The van der Waals surface area contributed by atoms with Gasteiger partial charge in [0, 0.05) is 6.20 Å². The summed E-state index contributed by atoms with van der Waals surface area (Å²) in [4.78, 5) is 0. The van der Waals surface area contributed by atoms with E-state index in [0.717, 1.165) is 10.9 Å². The first-order valence-electron chi connectivity index (χ1n) is 2.80. The first-order valence-corrected chi connectivity index (χ1v) is 2.80. The summed E-state index contributed by atoms with van der Waals surface area (Å²) in [6.07, 6.45) is 1.76. The molecule has 0 spiro atoms. The first kappa shape index (κ1) is 7.40. The van der Waals surface area contributed by atoms with Gasteiger partial charge >= 0.3 is 18.9 Å². The van der Waals surface area contributed by atoms with Crippen molar-refractivity contribution in [2.24, 2.45) is 0 Å². The minimum atomic E-state index is 0. The van der Waals surface area contributed by atoms with Crippen molar-refractivity contribution < 1.29 is 18.9 Å². The van der Waals surface area contributed by atoms with Gasteiger partial charge in [-0.25, -0.2) is 0 Å². The molecule has 2 nitrogen and oxygen atoms in total. The summed E-state index contributed by atoms with van der Waals surface area (Å²) >= 11 is 0. The van der Waals surface area contributed by atoms with Gasteiger partial charge in [0.05, 0.1) is 0 Å².